The number of benzene rings is 2. The highest BCUT2D eigenvalue weighted by molar-refractivity contribution is 7.92. The minimum atomic E-state index is -3.68. The molecule has 2 aromatic rings. The van der Waals surface area contributed by atoms with E-state index in [-0.39, 0.29) is 10.8 Å². The molecule has 1 saturated carbocycles. The van der Waals surface area contributed by atoms with Gasteiger partial charge in [-0.2, -0.15) is 0 Å². The lowest BCUT2D eigenvalue weighted by Gasteiger charge is -2.38. The number of piperidine rings is 1. The second-order valence-electron chi connectivity index (χ2n) is 9.04. The number of carbonyl (C=O) groups is 1. The van der Waals surface area contributed by atoms with Crippen LogP contribution < -0.4 is 4.72 Å². The van der Waals surface area contributed by atoms with Crippen LogP contribution in [0.3, 0.4) is 0 Å². The van der Waals surface area contributed by atoms with Crippen molar-refractivity contribution in [1.82, 2.24) is 9.80 Å². The number of hydrogen-bond acceptors (Lipinski definition) is 4. The number of nitrogens with zero attached hydrogens (tertiary/aromatic N) is 2. The van der Waals surface area contributed by atoms with E-state index in [0.29, 0.717) is 23.3 Å². The Morgan fingerprint density at radius 2 is 1.59 bits per heavy atom. The number of rotatable bonds is 7. The average molecular weight is 456 g/mol. The van der Waals surface area contributed by atoms with Crippen LogP contribution in [0, 0.1) is 13.8 Å². The van der Waals surface area contributed by atoms with Gasteiger partial charge in [0.1, 0.15) is 0 Å². The van der Waals surface area contributed by atoms with Crippen LogP contribution in [0.15, 0.2) is 47.4 Å². The number of nitrogens with one attached hydrogen (secondary N) is 1. The quantitative estimate of drug-likeness (QED) is 0.680. The van der Waals surface area contributed by atoms with Gasteiger partial charge in [-0.1, -0.05) is 13.0 Å². The molecule has 1 saturated heterocycles. The Kier molecular flexibility index (Phi) is 6.58. The third-order valence-corrected chi connectivity index (χ3v) is 8.12. The van der Waals surface area contributed by atoms with Gasteiger partial charge >= 0.3 is 0 Å². The molecular weight excluding hydrogens is 422 g/mol. The number of likely N-dealkylation sites (tertiary alicyclic amines) is 1. The number of carbonyl (C=O) groups excluding carboxylic acids is 1. The van der Waals surface area contributed by atoms with Crippen LogP contribution in [-0.2, 0) is 10.0 Å². The molecule has 1 aliphatic heterocycles. The van der Waals surface area contributed by atoms with Gasteiger partial charge in [0.25, 0.3) is 15.9 Å². The smallest absolute Gasteiger partial charge is 0.261 e. The normalized spacial score (nSPS) is 17.8. The molecule has 4 rings (SSSR count). The molecule has 7 heteroatoms. The fraction of sp³-hybridized carbons (Fsp3) is 0.480. The zero-order chi connectivity index (χ0) is 22.9. The zero-order valence-corrected chi connectivity index (χ0v) is 20.0. The second kappa shape index (κ2) is 9.24. The van der Waals surface area contributed by atoms with Crippen LogP contribution in [0.25, 0.3) is 0 Å². The predicted molar refractivity (Wildman–Crippen MR) is 127 cm³/mol. The summed E-state index contributed by atoms with van der Waals surface area (Å²) in [6.45, 7) is 9.16. The van der Waals surface area contributed by atoms with Gasteiger partial charge in [0.2, 0.25) is 0 Å². The Morgan fingerprint density at radius 3 is 2.16 bits per heavy atom. The van der Waals surface area contributed by atoms with Gasteiger partial charge in [0, 0.05) is 36.4 Å². The topological polar surface area (TPSA) is 69.7 Å². The van der Waals surface area contributed by atoms with Crippen molar-refractivity contribution < 1.29 is 13.2 Å². The maximum absolute atomic E-state index is 13.3. The molecule has 1 aliphatic carbocycles. The Balaban J connectivity index is 1.46. The molecule has 2 aliphatic rings. The zero-order valence-electron chi connectivity index (χ0n) is 19.2. The van der Waals surface area contributed by atoms with Crippen LogP contribution in [0.2, 0.25) is 0 Å². The summed E-state index contributed by atoms with van der Waals surface area (Å²) in [7, 11) is -3.68. The van der Waals surface area contributed by atoms with Crippen molar-refractivity contribution in [1.29, 1.82) is 0 Å². The summed E-state index contributed by atoms with van der Waals surface area (Å²) in [4.78, 5) is 18.1. The lowest BCUT2D eigenvalue weighted by atomic mass is 10.0. The summed E-state index contributed by atoms with van der Waals surface area (Å²) in [5.41, 5.74) is 3.05. The number of aryl methyl sites for hydroxylation is 2. The summed E-state index contributed by atoms with van der Waals surface area (Å²) in [5, 5.41) is 0. The maximum atomic E-state index is 13.3. The van der Waals surface area contributed by atoms with Crippen molar-refractivity contribution in [3.8, 4) is 0 Å². The van der Waals surface area contributed by atoms with E-state index in [1.165, 1.54) is 0 Å². The number of hydrogen-bond donors (Lipinski definition) is 1. The van der Waals surface area contributed by atoms with E-state index in [2.05, 4.69) is 21.4 Å². The minimum absolute atomic E-state index is 0.0611. The van der Waals surface area contributed by atoms with Crippen LogP contribution in [0.5, 0.6) is 0 Å². The molecule has 2 fully saturated rings. The molecule has 0 unspecified atom stereocenters. The SMILES string of the molecule is CCN1CCC(N(C(=O)c2ccc(NS(=O)(=O)c3ccc(C)c(C)c3)cc2)C2CC2)CC1. The summed E-state index contributed by atoms with van der Waals surface area (Å²) < 4.78 is 28.1. The van der Waals surface area contributed by atoms with Gasteiger partial charge in [-0.05, 0) is 93.6 Å². The summed E-state index contributed by atoms with van der Waals surface area (Å²) >= 11 is 0. The van der Waals surface area contributed by atoms with Crippen molar-refractivity contribution >= 4 is 21.6 Å². The van der Waals surface area contributed by atoms with E-state index in [1.54, 1.807) is 36.4 Å². The van der Waals surface area contributed by atoms with Gasteiger partial charge in [-0.25, -0.2) is 8.42 Å². The van der Waals surface area contributed by atoms with E-state index < -0.39 is 10.0 Å². The molecule has 32 heavy (non-hydrogen) atoms. The standard InChI is InChI=1S/C25H33N3O3S/c1-4-27-15-13-23(14-16-27)28(22-10-11-22)25(29)20-6-8-21(9-7-20)26-32(30,31)24-12-5-18(2)19(3)17-24/h5-9,12,17,22-23,26H,4,10-11,13-16H2,1-3H3. The van der Waals surface area contributed by atoms with Crippen molar-refractivity contribution in [3.63, 3.8) is 0 Å². The monoisotopic (exact) mass is 455 g/mol. The van der Waals surface area contributed by atoms with E-state index >= 15 is 0 Å². The summed E-state index contributed by atoms with van der Waals surface area (Å²) in [6.07, 6.45) is 4.19. The Bertz CT molecular complexity index is 1070. The number of sulfonamides is 1. The van der Waals surface area contributed by atoms with Gasteiger partial charge < -0.3 is 9.80 Å². The van der Waals surface area contributed by atoms with E-state index in [1.807, 2.05) is 19.9 Å². The first-order chi connectivity index (χ1) is 15.3. The van der Waals surface area contributed by atoms with Gasteiger partial charge in [-0.3, -0.25) is 9.52 Å². The Morgan fingerprint density at radius 1 is 0.969 bits per heavy atom. The Labute approximate surface area is 191 Å². The highest BCUT2D eigenvalue weighted by Crippen LogP contribution is 2.33. The first kappa shape index (κ1) is 22.8. The van der Waals surface area contributed by atoms with Crippen LogP contribution in [0.1, 0.15) is 54.1 Å². The molecule has 0 radical (unpaired) electrons. The van der Waals surface area contributed by atoms with Gasteiger partial charge in [0.15, 0.2) is 0 Å². The molecule has 0 bridgehead atoms. The molecule has 1 N–H and O–H groups in total. The fourth-order valence-corrected chi connectivity index (χ4v) is 5.56. The largest absolute Gasteiger partial charge is 0.333 e. The predicted octanol–water partition coefficient (Wildman–Crippen LogP) is 4.19. The van der Waals surface area contributed by atoms with Crippen molar-refractivity contribution in [3.05, 3.63) is 59.2 Å². The molecular formula is C25H33N3O3S. The first-order valence-electron chi connectivity index (χ1n) is 11.5. The molecule has 6 nitrogen and oxygen atoms in total. The number of amides is 1. The van der Waals surface area contributed by atoms with Gasteiger partial charge in [0.05, 0.1) is 4.90 Å². The van der Waals surface area contributed by atoms with Gasteiger partial charge in [-0.15, -0.1) is 0 Å². The van der Waals surface area contributed by atoms with Crippen LogP contribution in [0.4, 0.5) is 5.69 Å². The molecule has 0 spiro atoms. The van der Waals surface area contributed by atoms with Crippen molar-refractivity contribution in [2.24, 2.45) is 0 Å². The number of anilines is 1. The molecule has 2 aromatic carbocycles. The minimum Gasteiger partial charge on any atom is -0.333 e. The van der Waals surface area contributed by atoms with E-state index in [0.717, 1.165) is 56.4 Å². The average Bonchev–Trinajstić information content (AvgIpc) is 3.61. The third-order valence-electron chi connectivity index (χ3n) is 6.75. The molecule has 1 heterocycles. The van der Waals surface area contributed by atoms with Crippen molar-refractivity contribution in [2.75, 3.05) is 24.4 Å². The summed E-state index contributed by atoms with van der Waals surface area (Å²) in [6, 6.07) is 12.6. The Hall–Kier alpha value is -2.38. The second-order valence-corrected chi connectivity index (χ2v) is 10.7. The third kappa shape index (κ3) is 4.99. The molecule has 0 aromatic heterocycles. The lowest BCUT2D eigenvalue weighted by Crippen LogP contribution is -2.48. The summed E-state index contributed by atoms with van der Waals surface area (Å²) in [5.74, 6) is 0.0611. The van der Waals surface area contributed by atoms with Crippen molar-refractivity contribution in [2.45, 2.75) is 63.4 Å². The fourth-order valence-electron chi connectivity index (χ4n) is 4.42. The van der Waals surface area contributed by atoms with Crippen LogP contribution >= 0.6 is 0 Å². The van der Waals surface area contributed by atoms with E-state index in [9.17, 15) is 13.2 Å². The first-order valence-corrected chi connectivity index (χ1v) is 13.0. The highest BCUT2D eigenvalue weighted by atomic mass is 32.2. The molecule has 0 atom stereocenters. The lowest BCUT2D eigenvalue weighted by molar-refractivity contribution is 0.0554. The molecule has 1 amide bonds. The maximum Gasteiger partial charge on any atom is 0.261 e. The molecule has 172 valence electrons. The van der Waals surface area contributed by atoms with E-state index in [4.69, 9.17) is 0 Å². The highest BCUT2D eigenvalue weighted by Gasteiger charge is 2.38. The van der Waals surface area contributed by atoms with Crippen LogP contribution in [-0.4, -0.2) is 55.8 Å².